The Kier molecular flexibility index (Phi) is 5.57. The second-order valence-corrected chi connectivity index (χ2v) is 8.88. The maximum atomic E-state index is 12.4. The van der Waals surface area contributed by atoms with E-state index in [9.17, 15) is 13.2 Å². The maximum absolute atomic E-state index is 12.4. The monoisotopic (exact) mass is 450 g/mol. The third-order valence-corrected chi connectivity index (χ3v) is 6.25. The molecule has 0 aromatic heterocycles. The number of sulfonamides is 1. The van der Waals surface area contributed by atoms with Crippen LogP contribution in [0.25, 0.3) is 0 Å². The van der Waals surface area contributed by atoms with Crippen LogP contribution in [0.15, 0.2) is 46.3 Å². The van der Waals surface area contributed by atoms with Crippen LogP contribution in [-0.4, -0.2) is 39.5 Å². The van der Waals surface area contributed by atoms with Gasteiger partial charge < -0.3 is 14.2 Å². The van der Waals surface area contributed by atoms with Crippen LogP contribution in [0.3, 0.4) is 0 Å². The number of carbonyl (C=O) groups is 1. The highest BCUT2D eigenvalue weighted by atomic mass is 35.5. The summed E-state index contributed by atoms with van der Waals surface area (Å²) in [5.41, 5.74) is 1.07. The molecule has 1 unspecified atom stereocenters. The first-order valence-corrected chi connectivity index (χ1v) is 11.2. The van der Waals surface area contributed by atoms with Crippen molar-refractivity contribution >= 4 is 33.4 Å². The summed E-state index contributed by atoms with van der Waals surface area (Å²) >= 11 is 6.25. The summed E-state index contributed by atoms with van der Waals surface area (Å²) in [5, 5.41) is 0.380. The van der Waals surface area contributed by atoms with E-state index < -0.39 is 22.0 Å². The van der Waals surface area contributed by atoms with Crippen LogP contribution in [0.4, 0.5) is 0 Å². The minimum absolute atomic E-state index is 0.0350. The van der Waals surface area contributed by atoms with Crippen molar-refractivity contribution in [2.75, 3.05) is 13.2 Å². The van der Waals surface area contributed by atoms with Crippen molar-refractivity contribution < 1.29 is 27.4 Å². The first-order valence-electron chi connectivity index (χ1n) is 9.30. The fourth-order valence-corrected chi connectivity index (χ4v) is 4.65. The summed E-state index contributed by atoms with van der Waals surface area (Å²) in [7, 11) is -3.67. The maximum Gasteiger partial charge on any atom is 0.330 e. The topological polar surface area (TPSA) is 103 Å². The molecule has 2 aliphatic heterocycles. The number of rotatable bonds is 4. The number of hydrogen-bond acceptors (Lipinski definition) is 7. The number of fused-ring (bicyclic) bond motifs is 2. The lowest BCUT2D eigenvalue weighted by molar-refractivity contribution is -0.146. The molecule has 30 heavy (non-hydrogen) atoms. The quantitative estimate of drug-likeness (QED) is 0.718. The molecule has 0 fully saturated rings. The summed E-state index contributed by atoms with van der Waals surface area (Å²) in [6, 6.07) is 8.90. The second-order valence-electron chi connectivity index (χ2n) is 6.82. The molecule has 10 heteroatoms. The number of aliphatic imine (C=N–C) groups is 1. The van der Waals surface area contributed by atoms with Gasteiger partial charge in [0.05, 0.1) is 23.1 Å². The Labute approximate surface area is 178 Å². The normalized spacial score (nSPS) is 18.8. The molecule has 2 aromatic carbocycles. The summed E-state index contributed by atoms with van der Waals surface area (Å²) < 4.78 is 43.2. The first-order chi connectivity index (χ1) is 14.3. The zero-order valence-electron chi connectivity index (χ0n) is 16.1. The lowest BCUT2D eigenvalue weighted by Gasteiger charge is -2.13. The summed E-state index contributed by atoms with van der Waals surface area (Å²) in [6.45, 7) is 2.53. The van der Waals surface area contributed by atoms with Gasteiger partial charge >= 0.3 is 5.97 Å². The number of nitrogens with zero attached hydrogens (tertiary/aromatic N) is 1. The van der Waals surface area contributed by atoms with Gasteiger partial charge in [-0.15, -0.1) is 0 Å². The SMILES string of the molecule is CC(N=C1NS(=O)(=O)c2ccccc21)C(=O)OCc1cc(Cl)c2c(c1)OCCCO2. The Bertz CT molecular complexity index is 1130. The molecule has 158 valence electrons. The van der Waals surface area contributed by atoms with E-state index in [-0.39, 0.29) is 17.3 Å². The zero-order chi connectivity index (χ0) is 21.3. The number of hydrogen-bond donors (Lipinski definition) is 1. The van der Waals surface area contributed by atoms with Gasteiger partial charge in [0.1, 0.15) is 18.5 Å². The van der Waals surface area contributed by atoms with E-state index >= 15 is 0 Å². The molecule has 0 saturated carbocycles. The minimum Gasteiger partial charge on any atom is -0.489 e. The number of halogens is 1. The van der Waals surface area contributed by atoms with Gasteiger partial charge in [0.2, 0.25) is 0 Å². The molecule has 2 aliphatic rings. The third kappa shape index (κ3) is 4.08. The van der Waals surface area contributed by atoms with Gasteiger partial charge in [-0.25, -0.2) is 13.2 Å². The van der Waals surface area contributed by atoms with Crippen molar-refractivity contribution in [2.24, 2.45) is 4.99 Å². The highest BCUT2D eigenvalue weighted by Gasteiger charge is 2.31. The molecule has 2 heterocycles. The predicted molar refractivity (Wildman–Crippen MR) is 110 cm³/mol. The van der Waals surface area contributed by atoms with E-state index in [0.717, 1.165) is 6.42 Å². The Balaban J connectivity index is 1.46. The van der Waals surface area contributed by atoms with Crippen LogP contribution in [0.1, 0.15) is 24.5 Å². The fourth-order valence-electron chi connectivity index (χ4n) is 3.12. The van der Waals surface area contributed by atoms with Crippen LogP contribution < -0.4 is 14.2 Å². The van der Waals surface area contributed by atoms with E-state index in [1.165, 1.54) is 13.0 Å². The average molecular weight is 451 g/mol. The van der Waals surface area contributed by atoms with Crippen LogP contribution in [0.5, 0.6) is 11.5 Å². The first kappa shape index (κ1) is 20.5. The Hall–Kier alpha value is -2.78. The zero-order valence-corrected chi connectivity index (χ0v) is 17.6. The molecule has 0 saturated heterocycles. The van der Waals surface area contributed by atoms with Crippen LogP contribution >= 0.6 is 11.6 Å². The molecule has 0 aliphatic carbocycles. The predicted octanol–water partition coefficient (Wildman–Crippen LogP) is 2.67. The smallest absolute Gasteiger partial charge is 0.330 e. The standard InChI is InChI=1S/C20H19ClN2O6S/c1-12(22-19-14-5-2-3-6-17(14)30(25,26)23-19)20(24)29-11-13-9-15(21)18-16(10-13)27-7-4-8-28-18/h2-3,5-6,9-10,12H,4,7-8,11H2,1H3,(H,22,23). The highest BCUT2D eigenvalue weighted by molar-refractivity contribution is 7.90. The van der Waals surface area contributed by atoms with Crippen molar-refractivity contribution in [3.05, 3.63) is 52.5 Å². The molecule has 2 aromatic rings. The van der Waals surface area contributed by atoms with Crippen molar-refractivity contribution in [2.45, 2.75) is 30.9 Å². The number of ether oxygens (including phenoxy) is 3. The van der Waals surface area contributed by atoms with Gasteiger partial charge in [-0.3, -0.25) is 9.71 Å². The number of benzene rings is 2. The number of amidine groups is 1. The van der Waals surface area contributed by atoms with Crippen molar-refractivity contribution in [3.8, 4) is 11.5 Å². The van der Waals surface area contributed by atoms with Crippen LogP contribution in [0, 0.1) is 0 Å². The Morgan fingerprint density at radius 1 is 1.27 bits per heavy atom. The van der Waals surface area contributed by atoms with E-state index in [1.807, 2.05) is 0 Å². The molecule has 0 bridgehead atoms. The van der Waals surface area contributed by atoms with Gasteiger partial charge in [0.15, 0.2) is 11.5 Å². The second kappa shape index (κ2) is 8.16. The molecule has 0 radical (unpaired) electrons. The lowest BCUT2D eigenvalue weighted by Crippen LogP contribution is -2.26. The number of nitrogens with one attached hydrogen (secondary N) is 1. The molecule has 0 amide bonds. The van der Waals surface area contributed by atoms with Crippen molar-refractivity contribution in [1.29, 1.82) is 0 Å². The minimum atomic E-state index is -3.67. The Morgan fingerprint density at radius 2 is 2.03 bits per heavy atom. The average Bonchev–Trinajstić information content (AvgIpc) is 2.87. The molecular weight excluding hydrogens is 432 g/mol. The molecule has 8 nitrogen and oxygen atoms in total. The number of carbonyl (C=O) groups excluding carboxylic acids is 1. The summed E-state index contributed by atoms with van der Waals surface area (Å²) in [5.74, 6) is 0.510. The van der Waals surface area contributed by atoms with Crippen molar-refractivity contribution in [3.63, 3.8) is 0 Å². The van der Waals surface area contributed by atoms with E-state index in [2.05, 4.69) is 9.71 Å². The van der Waals surface area contributed by atoms with E-state index in [0.29, 0.717) is 40.9 Å². The van der Waals surface area contributed by atoms with Gasteiger partial charge in [-0.1, -0.05) is 23.7 Å². The van der Waals surface area contributed by atoms with Gasteiger partial charge in [-0.05, 0) is 36.8 Å². The Morgan fingerprint density at radius 3 is 2.87 bits per heavy atom. The van der Waals surface area contributed by atoms with Gasteiger partial charge in [0.25, 0.3) is 10.0 Å². The molecule has 4 rings (SSSR count). The van der Waals surface area contributed by atoms with Crippen LogP contribution in [0.2, 0.25) is 5.02 Å². The number of esters is 1. The highest BCUT2D eigenvalue weighted by Crippen LogP contribution is 2.38. The van der Waals surface area contributed by atoms with Gasteiger partial charge in [0, 0.05) is 12.0 Å². The molecule has 0 spiro atoms. The van der Waals surface area contributed by atoms with Crippen LogP contribution in [-0.2, 0) is 26.2 Å². The summed E-state index contributed by atoms with van der Waals surface area (Å²) in [6.07, 6.45) is 0.750. The van der Waals surface area contributed by atoms with Crippen molar-refractivity contribution in [1.82, 2.24) is 4.72 Å². The fraction of sp³-hybridized carbons (Fsp3) is 0.300. The lowest BCUT2D eigenvalue weighted by atomic mass is 10.2. The molecule has 1 atom stereocenters. The van der Waals surface area contributed by atoms with E-state index in [1.54, 1.807) is 30.3 Å². The molecular formula is C20H19ClN2O6S. The third-order valence-electron chi connectivity index (χ3n) is 4.57. The largest absolute Gasteiger partial charge is 0.489 e. The summed E-state index contributed by atoms with van der Waals surface area (Å²) in [4.78, 5) is 16.7. The van der Waals surface area contributed by atoms with E-state index in [4.69, 9.17) is 25.8 Å². The molecule has 1 N–H and O–H groups in total. The van der Waals surface area contributed by atoms with Gasteiger partial charge in [-0.2, -0.15) is 0 Å².